The summed E-state index contributed by atoms with van der Waals surface area (Å²) < 4.78 is 56.4. The molecule has 0 unspecified atom stereocenters. The minimum Gasteiger partial charge on any atom is -0.461 e. The second-order valence-corrected chi connectivity index (χ2v) is 7.91. The van der Waals surface area contributed by atoms with Crippen LogP contribution in [-0.2, 0) is 21.3 Å². The van der Waals surface area contributed by atoms with Gasteiger partial charge in [0, 0.05) is 18.8 Å². The Bertz CT molecular complexity index is 1050. The molecule has 148 valence electrons. The molecule has 1 aliphatic heterocycles. The zero-order valence-electron chi connectivity index (χ0n) is 14.7. The minimum atomic E-state index is -3.95. The Balaban J connectivity index is 1.49. The molecule has 1 N–H and O–H groups in total. The molecule has 0 spiro atoms. The van der Waals surface area contributed by atoms with Gasteiger partial charge < -0.3 is 19.0 Å². The van der Waals surface area contributed by atoms with Crippen molar-refractivity contribution in [2.24, 2.45) is 0 Å². The predicted molar refractivity (Wildman–Crippen MR) is 95.3 cm³/mol. The van der Waals surface area contributed by atoms with Gasteiger partial charge >= 0.3 is 0 Å². The number of morpholine rings is 1. The number of anilines is 1. The number of benzene rings is 1. The maximum absolute atomic E-state index is 14.2. The second-order valence-electron chi connectivity index (χ2n) is 6.00. The lowest BCUT2D eigenvalue weighted by atomic mass is 10.3. The number of ether oxygens (including phenoxy) is 1. The third kappa shape index (κ3) is 3.77. The Morgan fingerprint density at radius 2 is 2.04 bits per heavy atom. The van der Waals surface area contributed by atoms with Crippen LogP contribution in [-0.4, -0.2) is 49.2 Å². The van der Waals surface area contributed by atoms with Crippen molar-refractivity contribution in [1.82, 2.24) is 14.4 Å². The molecule has 3 aromatic rings. The molecule has 0 radical (unpaired) electrons. The van der Waals surface area contributed by atoms with Crippen LogP contribution in [0.25, 0.3) is 11.6 Å². The molecule has 28 heavy (non-hydrogen) atoms. The molecule has 0 atom stereocenters. The molecule has 0 aliphatic carbocycles. The van der Waals surface area contributed by atoms with Crippen LogP contribution in [0.1, 0.15) is 5.89 Å². The molecule has 1 fully saturated rings. The molecule has 3 heterocycles. The van der Waals surface area contributed by atoms with E-state index < -0.39 is 15.8 Å². The van der Waals surface area contributed by atoms with Gasteiger partial charge in [0.1, 0.15) is 10.7 Å². The zero-order valence-corrected chi connectivity index (χ0v) is 15.5. The largest absolute Gasteiger partial charge is 0.461 e. The number of aromatic nitrogens is 2. The van der Waals surface area contributed by atoms with Gasteiger partial charge in [-0.25, -0.2) is 12.8 Å². The number of nitrogens with one attached hydrogen (secondary N) is 1. The molecule has 4 rings (SSSR count). The number of hydrogen-bond acceptors (Lipinski definition) is 8. The molecular weight excluding hydrogens is 391 g/mol. The van der Waals surface area contributed by atoms with E-state index in [0.29, 0.717) is 17.3 Å². The number of furan rings is 1. The van der Waals surface area contributed by atoms with Crippen LogP contribution in [0, 0.1) is 5.82 Å². The predicted octanol–water partition coefficient (Wildman–Crippen LogP) is 2.10. The maximum atomic E-state index is 14.2. The maximum Gasteiger partial charge on any atom is 0.246 e. The van der Waals surface area contributed by atoms with E-state index in [1.165, 1.54) is 22.7 Å². The number of rotatable bonds is 6. The van der Waals surface area contributed by atoms with Crippen LogP contribution in [0.5, 0.6) is 0 Å². The van der Waals surface area contributed by atoms with E-state index >= 15 is 0 Å². The summed E-state index contributed by atoms with van der Waals surface area (Å²) in [5, 5.41) is 6.77. The quantitative estimate of drug-likeness (QED) is 0.660. The summed E-state index contributed by atoms with van der Waals surface area (Å²) in [7, 11) is -3.95. The van der Waals surface area contributed by atoms with Crippen LogP contribution in [0.3, 0.4) is 0 Å². The van der Waals surface area contributed by atoms with E-state index in [0.717, 1.165) is 6.07 Å². The third-order valence-corrected chi connectivity index (χ3v) is 6.09. The Labute approximate surface area is 160 Å². The van der Waals surface area contributed by atoms with E-state index in [-0.39, 0.29) is 43.6 Å². The molecule has 0 amide bonds. The smallest absolute Gasteiger partial charge is 0.246 e. The first kappa shape index (κ1) is 18.6. The summed E-state index contributed by atoms with van der Waals surface area (Å²) in [6.07, 6.45) is 1.50. The van der Waals surface area contributed by atoms with Gasteiger partial charge in [-0.3, -0.25) is 0 Å². The Hall–Kier alpha value is -2.76. The lowest BCUT2D eigenvalue weighted by Gasteiger charge is -2.26. The normalized spacial score (nSPS) is 15.6. The summed E-state index contributed by atoms with van der Waals surface area (Å²) in [6.45, 7) is 1.09. The Morgan fingerprint density at radius 1 is 1.21 bits per heavy atom. The van der Waals surface area contributed by atoms with Crippen LogP contribution in [0.15, 0.2) is 50.4 Å². The van der Waals surface area contributed by atoms with E-state index in [9.17, 15) is 12.8 Å². The highest BCUT2D eigenvalue weighted by atomic mass is 32.2. The summed E-state index contributed by atoms with van der Waals surface area (Å²) in [5.41, 5.74) is 0.408. The number of nitrogens with zero attached hydrogens (tertiary/aromatic N) is 3. The number of hydrogen-bond donors (Lipinski definition) is 1. The fourth-order valence-electron chi connectivity index (χ4n) is 2.75. The minimum absolute atomic E-state index is 0.135. The number of halogens is 1. The molecule has 0 bridgehead atoms. The molecule has 0 saturated carbocycles. The summed E-state index contributed by atoms with van der Waals surface area (Å²) in [5.74, 6) is 0.232. The van der Waals surface area contributed by atoms with Gasteiger partial charge in [-0.05, 0) is 30.3 Å². The first-order valence-corrected chi connectivity index (χ1v) is 9.96. The van der Waals surface area contributed by atoms with E-state index in [2.05, 4.69) is 15.5 Å². The van der Waals surface area contributed by atoms with Crippen molar-refractivity contribution in [2.45, 2.75) is 11.4 Å². The first-order valence-electron chi connectivity index (χ1n) is 8.52. The van der Waals surface area contributed by atoms with E-state index in [1.807, 2.05) is 0 Å². The van der Waals surface area contributed by atoms with E-state index in [1.54, 1.807) is 12.1 Å². The third-order valence-electron chi connectivity index (χ3n) is 4.17. The van der Waals surface area contributed by atoms with Crippen LogP contribution in [0.4, 0.5) is 10.1 Å². The van der Waals surface area contributed by atoms with Crippen LogP contribution < -0.4 is 5.32 Å². The summed E-state index contributed by atoms with van der Waals surface area (Å²) in [6, 6.07) is 7.21. The van der Waals surface area contributed by atoms with Crippen molar-refractivity contribution in [2.75, 3.05) is 31.6 Å². The molecule has 1 aliphatic rings. The highest BCUT2D eigenvalue weighted by Gasteiger charge is 2.29. The van der Waals surface area contributed by atoms with Crippen molar-refractivity contribution >= 4 is 15.7 Å². The van der Waals surface area contributed by atoms with Crippen molar-refractivity contribution in [1.29, 1.82) is 0 Å². The molecule has 1 saturated heterocycles. The SMILES string of the molecule is O=S(=O)(c1cc(NCc2nc(-c3ccco3)no2)ccc1F)N1CCOCC1. The average Bonchev–Trinajstić information content (AvgIpc) is 3.39. The molecular formula is C17H17FN4O5S. The molecule has 2 aromatic heterocycles. The second kappa shape index (κ2) is 7.70. The monoisotopic (exact) mass is 408 g/mol. The zero-order chi connectivity index (χ0) is 19.6. The average molecular weight is 408 g/mol. The molecule has 1 aromatic carbocycles. The first-order chi connectivity index (χ1) is 13.5. The summed E-state index contributed by atoms with van der Waals surface area (Å²) >= 11 is 0. The lowest BCUT2D eigenvalue weighted by molar-refractivity contribution is 0.0729. The van der Waals surface area contributed by atoms with Gasteiger partial charge in [-0.15, -0.1) is 0 Å². The fourth-order valence-corrected chi connectivity index (χ4v) is 4.25. The highest BCUT2D eigenvalue weighted by molar-refractivity contribution is 7.89. The lowest BCUT2D eigenvalue weighted by Crippen LogP contribution is -2.40. The van der Waals surface area contributed by atoms with E-state index in [4.69, 9.17) is 13.7 Å². The van der Waals surface area contributed by atoms with Crippen molar-refractivity contribution in [3.05, 3.63) is 48.3 Å². The fraction of sp³-hybridized carbons (Fsp3) is 0.294. The van der Waals surface area contributed by atoms with Crippen molar-refractivity contribution in [3.63, 3.8) is 0 Å². The van der Waals surface area contributed by atoms with Gasteiger partial charge in [-0.1, -0.05) is 5.16 Å². The Morgan fingerprint density at radius 3 is 2.79 bits per heavy atom. The molecule has 11 heteroatoms. The van der Waals surface area contributed by atoms with Crippen LogP contribution in [0.2, 0.25) is 0 Å². The number of sulfonamides is 1. The standard InChI is InChI=1S/C17H17FN4O5S/c18-13-4-3-12(10-15(13)28(23,24)22-5-8-25-9-6-22)19-11-16-20-17(21-27-16)14-2-1-7-26-14/h1-4,7,10,19H,5-6,8-9,11H2. The molecule has 9 nitrogen and oxygen atoms in total. The van der Waals surface area contributed by atoms with Crippen molar-refractivity contribution < 1.29 is 26.5 Å². The van der Waals surface area contributed by atoms with Crippen LogP contribution >= 0.6 is 0 Å². The van der Waals surface area contributed by atoms with Gasteiger partial charge in [0.25, 0.3) is 0 Å². The van der Waals surface area contributed by atoms with Gasteiger partial charge in [0.2, 0.25) is 21.7 Å². The topological polar surface area (TPSA) is 111 Å². The highest BCUT2D eigenvalue weighted by Crippen LogP contribution is 2.24. The van der Waals surface area contributed by atoms with Crippen molar-refractivity contribution in [3.8, 4) is 11.6 Å². The Kier molecular flexibility index (Phi) is 5.11. The van der Waals surface area contributed by atoms with Gasteiger partial charge in [0.05, 0.1) is 26.0 Å². The summed E-state index contributed by atoms with van der Waals surface area (Å²) in [4.78, 5) is 3.79. The van der Waals surface area contributed by atoms with Gasteiger partial charge in [-0.2, -0.15) is 9.29 Å². The van der Waals surface area contributed by atoms with Gasteiger partial charge in [0.15, 0.2) is 5.76 Å².